The fourth-order valence-corrected chi connectivity index (χ4v) is 3.27. The molecule has 3 rings (SSSR count). The van der Waals surface area contributed by atoms with Gasteiger partial charge < -0.3 is 9.47 Å². The Bertz CT molecular complexity index is 870. The van der Waals surface area contributed by atoms with Gasteiger partial charge in [-0.25, -0.2) is 9.78 Å². The number of piperidine rings is 1. The second kappa shape index (κ2) is 6.62. The van der Waals surface area contributed by atoms with Gasteiger partial charge in [0, 0.05) is 40.2 Å². The molecule has 0 radical (unpaired) electrons. The average Bonchev–Trinajstić information content (AvgIpc) is 3.03. The summed E-state index contributed by atoms with van der Waals surface area (Å²) in [5.41, 5.74) is 0.0430. The van der Waals surface area contributed by atoms with E-state index in [1.165, 1.54) is 18.0 Å². The molecular formula is C16H23N5O3. The Morgan fingerprint density at radius 1 is 1.12 bits per heavy atom. The van der Waals surface area contributed by atoms with Crippen LogP contribution in [0.25, 0.3) is 11.2 Å². The quantitative estimate of drug-likeness (QED) is 0.802. The van der Waals surface area contributed by atoms with Gasteiger partial charge in [-0.1, -0.05) is 0 Å². The molecule has 0 atom stereocenters. The van der Waals surface area contributed by atoms with Crippen LogP contribution in [0.15, 0.2) is 15.9 Å². The summed E-state index contributed by atoms with van der Waals surface area (Å²) in [5.74, 6) is 0.180. The van der Waals surface area contributed by atoms with Crippen LogP contribution in [0.1, 0.15) is 32.1 Å². The van der Waals surface area contributed by atoms with E-state index in [1.807, 2.05) is 4.90 Å². The Morgan fingerprint density at radius 2 is 1.83 bits per heavy atom. The molecular weight excluding hydrogens is 310 g/mol. The molecule has 1 amide bonds. The molecule has 0 bridgehead atoms. The van der Waals surface area contributed by atoms with E-state index in [4.69, 9.17) is 0 Å². The Morgan fingerprint density at radius 3 is 2.54 bits per heavy atom. The summed E-state index contributed by atoms with van der Waals surface area (Å²) < 4.78 is 4.19. The summed E-state index contributed by atoms with van der Waals surface area (Å²) in [5, 5.41) is 0. The van der Waals surface area contributed by atoms with Gasteiger partial charge in [-0.3, -0.25) is 18.7 Å². The van der Waals surface area contributed by atoms with Gasteiger partial charge in [0.05, 0.1) is 6.33 Å². The number of carbonyl (C=O) groups is 1. The molecule has 3 heterocycles. The minimum atomic E-state index is -0.391. The fourth-order valence-electron chi connectivity index (χ4n) is 3.27. The first kappa shape index (κ1) is 16.5. The van der Waals surface area contributed by atoms with E-state index in [0.717, 1.165) is 30.5 Å². The van der Waals surface area contributed by atoms with Crippen molar-refractivity contribution in [3.63, 3.8) is 0 Å². The van der Waals surface area contributed by atoms with Crippen molar-refractivity contribution in [3.8, 4) is 0 Å². The molecule has 0 aromatic carbocycles. The number of hydrogen-bond donors (Lipinski definition) is 0. The standard InChI is InChI=1S/C16H23N5O3/c1-18-14-13(15(23)19(2)16(18)24)21(11-17-14)10-6-7-12(22)20-8-4-3-5-9-20/h11H,3-10H2,1-2H3. The second-order valence-electron chi connectivity index (χ2n) is 6.36. The van der Waals surface area contributed by atoms with Crippen LogP contribution in [0.5, 0.6) is 0 Å². The highest BCUT2D eigenvalue weighted by atomic mass is 16.2. The van der Waals surface area contributed by atoms with Gasteiger partial charge >= 0.3 is 5.69 Å². The number of imidazole rings is 1. The number of aromatic nitrogens is 4. The molecule has 0 spiro atoms. The molecule has 130 valence electrons. The first-order valence-electron chi connectivity index (χ1n) is 8.39. The minimum absolute atomic E-state index is 0.180. The zero-order valence-electron chi connectivity index (χ0n) is 14.2. The van der Waals surface area contributed by atoms with Crippen LogP contribution >= 0.6 is 0 Å². The fraction of sp³-hybridized carbons (Fsp3) is 0.625. The highest BCUT2D eigenvalue weighted by Gasteiger charge is 2.17. The van der Waals surface area contributed by atoms with Gasteiger partial charge in [0.25, 0.3) is 5.56 Å². The lowest BCUT2D eigenvalue weighted by atomic mass is 10.1. The molecule has 1 aliphatic heterocycles. The molecule has 8 heteroatoms. The maximum absolute atomic E-state index is 12.3. The highest BCUT2D eigenvalue weighted by molar-refractivity contribution is 5.76. The molecule has 1 aliphatic rings. The number of hydrogen-bond acceptors (Lipinski definition) is 4. The summed E-state index contributed by atoms with van der Waals surface area (Å²) in [7, 11) is 3.06. The van der Waals surface area contributed by atoms with Crippen molar-refractivity contribution in [1.29, 1.82) is 0 Å². The molecule has 2 aromatic heterocycles. The molecule has 0 saturated carbocycles. The lowest BCUT2D eigenvalue weighted by Crippen LogP contribution is -2.37. The minimum Gasteiger partial charge on any atom is -0.343 e. The molecule has 0 N–H and O–H groups in total. The molecule has 8 nitrogen and oxygen atoms in total. The van der Waals surface area contributed by atoms with Gasteiger partial charge in [0.2, 0.25) is 5.91 Å². The molecule has 24 heavy (non-hydrogen) atoms. The summed E-state index contributed by atoms with van der Waals surface area (Å²) in [4.78, 5) is 42.6. The Hall–Kier alpha value is -2.38. The van der Waals surface area contributed by atoms with Crippen molar-refractivity contribution >= 4 is 17.1 Å². The molecule has 0 unspecified atom stereocenters. The van der Waals surface area contributed by atoms with Crippen molar-refractivity contribution in [1.82, 2.24) is 23.6 Å². The molecule has 0 aliphatic carbocycles. The number of rotatable bonds is 4. The average molecular weight is 333 g/mol. The molecule has 2 aromatic rings. The smallest absolute Gasteiger partial charge is 0.332 e. The lowest BCUT2D eigenvalue weighted by Gasteiger charge is -2.26. The largest absolute Gasteiger partial charge is 0.343 e. The van der Waals surface area contributed by atoms with E-state index in [9.17, 15) is 14.4 Å². The number of carbonyl (C=O) groups excluding carboxylic acids is 1. The normalized spacial score (nSPS) is 15.2. The van der Waals surface area contributed by atoms with Crippen molar-refractivity contribution in [2.45, 2.75) is 38.6 Å². The third-order valence-electron chi connectivity index (χ3n) is 4.72. The number of likely N-dealkylation sites (tertiary alicyclic amines) is 1. The Labute approximate surface area is 139 Å². The van der Waals surface area contributed by atoms with Gasteiger partial charge in [-0.2, -0.15) is 0 Å². The summed E-state index contributed by atoms with van der Waals surface area (Å²) in [6.07, 6.45) is 6.05. The zero-order chi connectivity index (χ0) is 17.3. The van der Waals surface area contributed by atoms with E-state index in [2.05, 4.69) is 4.98 Å². The predicted molar refractivity (Wildman–Crippen MR) is 89.9 cm³/mol. The van der Waals surface area contributed by atoms with Crippen LogP contribution in [-0.2, 0) is 25.4 Å². The molecule has 1 saturated heterocycles. The summed E-state index contributed by atoms with van der Waals surface area (Å²) in [6.45, 7) is 2.24. The van der Waals surface area contributed by atoms with E-state index >= 15 is 0 Å². The van der Waals surface area contributed by atoms with Crippen LogP contribution in [0, 0.1) is 0 Å². The van der Waals surface area contributed by atoms with Crippen LogP contribution in [0.2, 0.25) is 0 Å². The monoisotopic (exact) mass is 333 g/mol. The van der Waals surface area contributed by atoms with E-state index in [0.29, 0.717) is 30.6 Å². The van der Waals surface area contributed by atoms with Crippen molar-refractivity contribution in [2.75, 3.05) is 13.1 Å². The number of aryl methyl sites for hydroxylation is 2. The second-order valence-corrected chi connectivity index (χ2v) is 6.36. The van der Waals surface area contributed by atoms with Gasteiger partial charge in [0.1, 0.15) is 0 Å². The first-order chi connectivity index (χ1) is 11.5. The number of nitrogens with zero attached hydrogens (tertiary/aromatic N) is 5. The first-order valence-corrected chi connectivity index (χ1v) is 8.39. The van der Waals surface area contributed by atoms with Gasteiger partial charge in [-0.05, 0) is 25.7 Å². The van der Waals surface area contributed by atoms with Crippen molar-refractivity contribution in [3.05, 3.63) is 27.2 Å². The van der Waals surface area contributed by atoms with Crippen LogP contribution in [0.3, 0.4) is 0 Å². The Kier molecular flexibility index (Phi) is 4.55. The van der Waals surface area contributed by atoms with Crippen LogP contribution in [-0.4, -0.2) is 42.6 Å². The number of fused-ring (bicyclic) bond motifs is 1. The zero-order valence-corrected chi connectivity index (χ0v) is 14.2. The van der Waals surface area contributed by atoms with Crippen LogP contribution < -0.4 is 11.2 Å². The van der Waals surface area contributed by atoms with E-state index in [1.54, 1.807) is 17.9 Å². The summed E-state index contributed by atoms with van der Waals surface area (Å²) in [6, 6.07) is 0. The van der Waals surface area contributed by atoms with Crippen molar-refractivity contribution < 1.29 is 4.79 Å². The highest BCUT2D eigenvalue weighted by Crippen LogP contribution is 2.12. The van der Waals surface area contributed by atoms with Gasteiger partial charge in [0.15, 0.2) is 11.2 Å². The van der Waals surface area contributed by atoms with E-state index < -0.39 is 5.69 Å². The lowest BCUT2D eigenvalue weighted by molar-refractivity contribution is -0.132. The maximum Gasteiger partial charge on any atom is 0.332 e. The predicted octanol–water partition coefficient (Wildman–Crippen LogP) is 0.226. The van der Waals surface area contributed by atoms with Crippen molar-refractivity contribution in [2.24, 2.45) is 14.1 Å². The topological polar surface area (TPSA) is 82.1 Å². The van der Waals surface area contributed by atoms with Crippen LogP contribution in [0.4, 0.5) is 0 Å². The third-order valence-corrected chi connectivity index (χ3v) is 4.72. The SMILES string of the molecule is Cn1c(=O)c2c(ncn2CCCC(=O)N2CCCCC2)n(C)c1=O. The van der Waals surface area contributed by atoms with E-state index in [-0.39, 0.29) is 11.5 Å². The maximum atomic E-state index is 12.3. The van der Waals surface area contributed by atoms with Gasteiger partial charge in [-0.15, -0.1) is 0 Å². The number of amides is 1. The summed E-state index contributed by atoms with van der Waals surface area (Å²) >= 11 is 0. The Balaban J connectivity index is 1.73. The molecule has 1 fully saturated rings. The third kappa shape index (κ3) is 2.88.